The Morgan fingerprint density at radius 3 is 2.38 bits per heavy atom. The van der Waals surface area contributed by atoms with Crippen molar-refractivity contribution < 1.29 is 18.0 Å². The fourth-order valence-electron chi connectivity index (χ4n) is 2.70. The van der Waals surface area contributed by atoms with E-state index in [0.29, 0.717) is 25.3 Å². The average Bonchev–Trinajstić information content (AvgIpc) is 2.50. The van der Waals surface area contributed by atoms with Crippen LogP contribution < -0.4 is 10.6 Å². The van der Waals surface area contributed by atoms with Gasteiger partial charge in [0.2, 0.25) is 5.91 Å². The highest BCUT2D eigenvalue weighted by Crippen LogP contribution is 2.22. The van der Waals surface area contributed by atoms with E-state index in [4.69, 9.17) is 0 Å². The number of alkyl halides is 3. The Hall–Kier alpha value is -0.740. The first-order valence-electron chi connectivity index (χ1n) is 8.08. The molecule has 0 unspecified atom stereocenters. The van der Waals surface area contributed by atoms with Gasteiger partial charge in [0, 0.05) is 46.6 Å². The van der Waals surface area contributed by atoms with Crippen LogP contribution >= 0.6 is 24.0 Å². The first-order chi connectivity index (χ1) is 10.9. The zero-order valence-electron chi connectivity index (χ0n) is 14.3. The molecule has 0 bridgehead atoms. The quantitative estimate of drug-likeness (QED) is 0.275. The lowest BCUT2D eigenvalue weighted by Crippen LogP contribution is -2.46. The third-order valence-electron chi connectivity index (χ3n) is 4.05. The van der Waals surface area contributed by atoms with Gasteiger partial charge in [0.15, 0.2) is 5.96 Å². The summed E-state index contributed by atoms with van der Waals surface area (Å²) in [6.07, 6.45) is -1.84. The fourth-order valence-corrected chi connectivity index (χ4v) is 2.70. The van der Waals surface area contributed by atoms with Crippen molar-refractivity contribution >= 4 is 35.8 Å². The molecule has 24 heavy (non-hydrogen) atoms. The highest BCUT2D eigenvalue weighted by Gasteiger charge is 2.26. The number of piperidine rings is 1. The van der Waals surface area contributed by atoms with Crippen LogP contribution in [0.15, 0.2) is 4.99 Å². The van der Waals surface area contributed by atoms with E-state index in [9.17, 15) is 18.0 Å². The van der Waals surface area contributed by atoms with Crippen LogP contribution in [0.4, 0.5) is 13.2 Å². The van der Waals surface area contributed by atoms with Gasteiger partial charge in [-0.2, -0.15) is 13.2 Å². The summed E-state index contributed by atoms with van der Waals surface area (Å²) in [6, 6.07) is 0. The van der Waals surface area contributed by atoms with Crippen LogP contribution in [0.5, 0.6) is 0 Å². The Morgan fingerprint density at radius 2 is 1.88 bits per heavy atom. The summed E-state index contributed by atoms with van der Waals surface area (Å²) in [5.74, 6) is 1.18. The lowest BCUT2D eigenvalue weighted by atomic mass is 9.93. The first kappa shape index (κ1) is 23.3. The second kappa shape index (κ2) is 11.8. The topological polar surface area (TPSA) is 56.7 Å². The third kappa shape index (κ3) is 9.53. The summed E-state index contributed by atoms with van der Waals surface area (Å²) < 4.78 is 36.2. The van der Waals surface area contributed by atoms with Crippen LogP contribution in [0.3, 0.4) is 0 Å². The summed E-state index contributed by atoms with van der Waals surface area (Å²) in [7, 11) is 3.32. The predicted octanol–water partition coefficient (Wildman–Crippen LogP) is 2.76. The summed E-state index contributed by atoms with van der Waals surface area (Å²) >= 11 is 0. The lowest BCUT2D eigenvalue weighted by Gasteiger charge is -2.34. The molecular weight excluding hydrogens is 436 g/mol. The van der Waals surface area contributed by atoms with Crippen molar-refractivity contribution in [2.45, 2.75) is 44.7 Å². The Balaban J connectivity index is 0.00000529. The number of aliphatic imine (C=N–C) groups is 1. The molecule has 0 radical (unpaired) electrons. The van der Waals surface area contributed by atoms with E-state index in [0.717, 1.165) is 31.9 Å². The SMILES string of the molecule is CN=C(NCCCCC(F)(F)F)N1CCC(CC(=O)NC)CC1.I. The van der Waals surface area contributed by atoms with Crippen molar-refractivity contribution in [3.63, 3.8) is 0 Å². The number of hydrogen-bond donors (Lipinski definition) is 2. The third-order valence-corrected chi connectivity index (χ3v) is 4.05. The number of rotatable bonds is 6. The minimum absolute atomic E-state index is 0. The van der Waals surface area contributed by atoms with Gasteiger partial charge in [-0.05, 0) is 31.6 Å². The van der Waals surface area contributed by atoms with Crippen LogP contribution in [0.2, 0.25) is 0 Å². The predicted molar refractivity (Wildman–Crippen MR) is 99.7 cm³/mol. The van der Waals surface area contributed by atoms with Crippen LogP contribution in [-0.2, 0) is 4.79 Å². The van der Waals surface area contributed by atoms with E-state index in [1.807, 2.05) is 0 Å². The summed E-state index contributed by atoms with van der Waals surface area (Å²) in [6.45, 7) is 2.11. The van der Waals surface area contributed by atoms with Gasteiger partial charge >= 0.3 is 6.18 Å². The molecule has 1 fully saturated rings. The normalized spacial score (nSPS) is 16.5. The molecule has 1 aliphatic heterocycles. The minimum Gasteiger partial charge on any atom is -0.359 e. The van der Waals surface area contributed by atoms with Gasteiger partial charge in [0.1, 0.15) is 0 Å². The molecule has 2 N–H and O–H groups in total. The van der Waals surface area contributed by atoms with E-state index in [1.54, 1.807) is 14.1 Å². The van der Waals surface area contributed by atoms with Crippen molar-refractivity contribution in [2.24, 2.45) is 10.9 Å². The highest BCUT2D eigenvalue weighted by molar-refractivity contribution is 14.0. The van der Waals surface area contributed by atoms with E-state index < -0.39 is 12.6 Å². The molecule has 1 amide bonds. The van der Waals surface area contributed by atoms with Gasteiger partial charge in [-0.25, -0.2) is 0 Å². The van der Waals surface area contributed by atoms with Crippen molar-refractivity contribution in [2.75, 3.05) is 33.7 Å². The zero-order chi connectivity index (χ0) is 17.3. The number of guanidine groups is 1. The number of carbonyl (C=O) groups is 1. The van der Waals surface area contributed by atoms with Crippen molar-refractivity contribution in [1.29, 1.82) is 0 Å². The lowest BCUT2D eigenvalue weighted by molar-refractivity contribution is -0.135. The van der Waals surface area contributed by atoms with Gasteiger partial charge in [-0.15, -0.1) is 24.0 Å². The van der Waals surface area contributed by atoms with Crippen molar-refractivity contribution in [3.05, 3.63) is 0 Å². The van der Waals surface area contributed by atoms with Crippen LogP contribution in [0, 0.1) is 5.92 Å². The van der Waals surface area contributed by atoms with E-state index in [-0.39, 0.29) is 36.3 Å². The molecule has 142 valence electrons. The summed E-state index contributed by atoms with van der Waals surface area (Å²) in [5, 5.41) is 5.76. The Morgan fingerprint density at radius 1 is 1.25 bits per heavy atom. The molecular formula is C15H28F3IN4O. The molecule has 9 heteroatoms. The Labute approximate surface area is 158 Å². The molecule has 1 aliphatic rings. The summed E-state index contributed by atoms with van der Waals surface area (Å²) in [5.41, 5.74) is 0. The number of unbranched alkanes of at least 4 members (excludes halogenated alkanes) is 1. The minimum atomic E-state index is -4.08. The van der Waals surface area contributed by atoms with Gasteiger partial charge in [-0.1, -0.05) is 0 Å². The smallest absolute Gasteiger partial charge is 0.359 e. The highest BCUT2D eigenvalue weighted by atomic mass is 127. The largest absolute Gasteiger partial charge is 0.389 e. The number of amides is 1. The molecule has 0 saturated carbocycles. The molecule has 1 saturated heterocycles. The Bertz CT molecular complexity index is 397. The maximum atomic E-state index is 12.1. The standard InChI is InChI=1S/C15H27F3N4O.HI/c1-19-13(23)11-12-5-9-22(10-6-12)14(20-2)21-8-4-3-7-15(16,17)18;/h12H,3-11H2,1-2H3,(H,19,23)(H,20,21);1H. The molecule has 0 aromatic rings. The van der Waals surface area contributed by atoms with E-state index in [1.165, 1.54) is 0 Å². The maximum absolute atomic E-state index is 12.1. The molecule has 0 spiro atoms. The van der Waals surface area contributed by atoms with Crippen molar-refractivity contribution in [1.82, 2.24) is 15.5 Å². The van der Waals surface area contributed by atoms with Gasteiger partial charge in [-0.3, -0.25) is 9.79 Å². The van der Waals surface area contributed by atoms with Gasteiger partial charge in [0.25, 0.3) is 0 Å². The number of hydrogen-bond acceptors (Lipinski definition) is 2. The molecule has 0 aliphatic carbocycles. The van der Waals surface area contributed by atoms with E-state index >= 15 is 0 Å². The molecule has 1 rings (SSSR count). The van der Waals surface area contributed by atoms with Crippen molar-refractivity contribution in [3.8, 4) is 0 Å². The molecule has 0 aromatic carbocycles. The number of halogens is 4. The van der Waals surface area contributed by atoms with Crippen LogP contribution in [0.1, 0.15) is 38.5 Å². The number of carbonyl (C=O) groups excluding carboxylic acids is 1. The molecule has 5 nitrogen and oxygen atoms in total. The maximum Gasteiger partial charge on any atom is 0.389 e. The fraction of sp³-hybridized carbons (Fsp3) is 0.867. The molecule has 0 aromatic heterocycles. The second-order valence-corrected chi connectivity index (χ2v) is 5.85. The number of nitrogens with zero attached hydrogens (tertiary/aromatic N) is 2. The monoisotopic (exact) mass is 464 g/mol. The zero-order valence-corrected chi connectivity index (χ0v) is 16.6. The van der Waals surface area contributed by atoms with Gasteiger partial charge in [0.05, 0.1) is 0 Å². The molecule has 0 atom stereocenters. The van der Waals surface area contributed by atoms with Gasteiger partial charge < -0.3 is 15.5 Å². The van der Waals surface area contributed by atoms with E-state index in [2.05, 4.69) is 20.5 Å². The number of likely N-dealkylation sites (tertiary alicyclic amines) is 1. The summed E-state index contributed by atoms with van der Waals surface area (Å²) in [4.78, 5) is 17.7. The van der Waals surface area contributed by atoms with Crippen LogP contribution in [0.25, 0.3) is 0 Å². The Kier molecular flexibility index (Phi) is 11.4. The molecule has 1 heterocycles. The average molecular weight is 464 g/mol. The first-order valence-corrected chi connectivity index (χ1v) is 8.08. The number of nitrogens with one attached hydrogen (secondary N) is 2. The van der Waals surface area contributed by atoms with Crippen LogP contribution in [-0.4, -0.2) is 56.7 Å². The second-order valence-electron chi connectivity index (χ2n) is 5.85.